The van der Waals surface area contributed by atoms with Crippen molar-refractivity contribution in [2.75, 3.05) is 12.4 Å². The fourth-order valence-corrected chi connectivity index (χ4v) is 3.12. The van der Waals surface area contributed by atoms with Crippen molar-refractivity contribution < 1.29 is 13.9 Å². The third-order valence-corrected chi connectivity index (χ3v) is 4.84. The number of halogens is 2. The first-order valence-electron chi connectivity index (χ1n) is 8.98. The van der Waals surface area contributed by atoms with Crippen molar-refractivity contribution in [3.8, 4) is 22.8 Å². The van der Waals surface area contributed by atoms with Crippen LogP contribution in [0, 0.1) is 5.82 Å². The van der Waals surface area contributed by atoms with Gasteiger partial charge in [-0.2, -0.15) is 0 Å². The minimum atomic E-state index is -0.536. The van der Waals surface area contributed by atoms with Crippen LogP contribution in [0.15, 0.2) is 77.3 Å². The maximum absolute atomic E-state index is 13.4. The van der Waals surface area contributed by atoms with Crippen LogP contribution in [0.4, 0.5) is 10.1 Å². The molecule has 0 radical (unpaired) electrons. The lowest BCUT2D eigenvalue weighted by Gasteiger charge is -2.07. The maximum Gasteiger partial charge on any atom is 0.295 e. The standard InChI is InChI=1S/C22H16BrFN4O2/c1-30-19-11-9-18(10-12-19)28-21(14-5-7-15(23)8-6-14)26-20(27-28)22(29)25-17-4-2-3-16(24)13-17/h2-13H,1H3,(H,25,29). The summed E-state index contributed by atoms with van der Waals surface area (Å²) >= 11 is 3.42. The van der Waals surface area contributed by atoms with Crippen LogP contribution in [0.5, 0.6) is 5.75 Å². The Kier molecular flexibility index (Phi) is 5.58. The third-order valence-electron chi connectivity index (χ3n) is 4.31. The summed E-state index contributed by atoms with van der Waals surface area (Å²) in [6.07, 6.45) is 0. The van der Waals surface area contributed by atoms with Gasteiger partial charge >= 0.3 is 0 Å². The molecule has 1 aromatic heterocycles. The third kappa shape index (κ3) is 4.23. The van der Waals surface area contributed by atoms with Gasteiger partial charge in [0.1, 0.15) is 11.6 Å². The molecule has 1 N–H and O–H groups in total. The van der Waals surface area contributed by atoms with Crippen LogP contribution in [0.3, 0.4) is 0 Å². The molecule has 1 heterocycles. The lowest BCUT2D eigenvalue weighted by atomic mass is 10.2. The van der Waals surface area contributed by atoms with Gasteiger partial charge in [-0.1, -0.05) is 34.1 Å². The van der Waals surface area contributed by atoms with Gasteiger partial charge in [0.15, 0.2) is 5.82 Å². The second-order valence-corrected chi connectivity index (χ2v) is 7.26. The highest BCUT2D eigenvalue weighted by Crippen LogP contribution is 2.24. The Hall–Kier alpha value is -3.52. The zero-order valence-corrected chi connectivity index (χ0v) is 17.4. The molecule has 150 valence electrons. The number of hydrogen-bond acceptors (Lipinski definition) is 4. The van der Waals surface area contributed by atoms with E-state index >= 15 is 0 Å². The van der Waals surface area contributed by atoms with Gasteiger partial charge in [0.25, 0.3) is 5.91 Å². The van der Waals surface area contributed by atoms with Gasteiger partial charge in [-0.15, -0.1) is 5.10 Å². The summed E-state index contributed by atoms with van der Waals surface area (Å²) in [5.41, 5.74) is 1.82. The number of aromatic nitrogens is 3. The lowest BCUT2D eigenvalue weighted by molar-refractivity contribution is 0.101. The molecule has 6 nitrogen and oxygen atoms in total. The van der Waals surface area contributed by atoms with Crippen LogP contribution in [0.1, 0.15) is 10.6 Å². The van der Waals surface area contributed by atoms with Crippen molar-refractivity contribution in [3.63, 3.8) is 0 Å². The normalized spacial score (nSPS) is 10.6. The van der Waals surface area contributed by atoms with Crippen molar-refractivity contribution in [2.45, 2.75) is 0 Å². The van der Waals surface area contributed by atoms with Crippen LogP contribution >= 0.6 is 15.9 Å². The highest BCUT2D eigenvalue weighted by Gasteiger charge is 2.19. The summed E-state index contributed by atoms with van der Waals surface area (Å²) < 4.78 is 21.1. The molecule has 8 heteroatoms. The Morgan fingerprint density at radius 3 is 2.47 bits per heavy atom. The molecule has 0 fully saturated rings. The number of hydrogen-bond donors (Lipinski definition) is 1. The average Bonchev–Trinajstić information content (AvgIpc) is 3.20. The quantitative estimate of drug-likeness (QED) is 0.444. The Balaban J connectivity index is 1.74. The number of carbonyl (C=O) groups excluding carboxylic acids is 1. The number of ether oxygens (including phenoxy) is 1. The molecule has 0 saturated heterocycles. The summed E-state index contributed by atoms with van der Waals surface area (Å²) in [4.78, 5) is 17.2. The number of amides is 1. The average molecular weight is 467 g/mol. The Labute approximate surface area is 180 Å². The van der Waals surface area contributed by atoms with Crippen LogP contribution in [-0.2, 0) is 0 Å². The molecule has 1 amide bonds. The van der Waals surface area contributed by atoms with Gasteiger partial charge in [-0.05, 0) is 54.6 Å². The molecule has 0 aliphatic carbocycles. The minimum absolute atomic E-state index is 0.0343. The second-order valence-electron chi connectivity index (χ2n) is 6.34. The molecular formula is C22H16BrFN4O2. The molecule has 3 aromatic carbocycles. The molecular weight excluding hydrogens is 451 g/mol. The zero-order chi connectivity index (χ0) is 21.1. The van der Waals surface area contributed by atoms with Gasteiger partial charge < -0.3 is 10.1 Å². The van der Waals surface area contributed by atoms with E-state index in [0.717, 1.165) is 10.0 Å². The lowest BCUT2D eigenvalue weighted by Crippen LogP contribution is -2.14. The number of anilines is 1. The number of carbonyl (C=O) groups is 1. The van der Waals surface area contributed by atoms with Crippen molar-refractivity contribution in [3.05, 3.63) is 88.9 Å². The molecule has 0 unspecified atom stereocenters. The Bertz CT molecular complexity index is 1190. The van der Waals surface area contributed by atoms with E-state index in [-0.39, 0.29) is 5.82 Å². The van der Waals surface area contributed by atoms with Crippen molar-refractivity contribution in [1.29, 1.82) is 0 Å². The van der Waals surface area contributed by atoms with E-state index in [2.05, 4.69) is 31.3 Å². The summed E-state index contributed by atoms with van der Waals surface area (Å²) in [6, 6.07) is 20.4. The monoisotopic (exact) mass is 466 g/mol. The van der Waals surface area contributed by atoms with Gasteiger partial charge in [-0.25, -0.2) is 14.1 Å². The topological polar surface area (TPSA) is 69.0 Å². The van der Waals surface area contributed by atoms with Crippen LogP contribution in [-0.4, -0.2) is 27.8 Å². The van der Waals surface area contributed by atoms with E-state index < -0.39 is 11.7 Å². The number of methoxy groups -OCH3 is 1. The number of nitrogens with one attached hydrogen (secondary N) is 1. The van der Waals surface area contributed by atoms with Gasteiger partial charge in [0.05, 0.1) is 12.8 Å². The second kappa shape index (κ2) is 8.46. The number of rotatable bonds is 5. The highest BCUT2D eigenvalue weighted by molar-refractivity contribution is 9.10. The van der Waals surface area contributed by atoms with Crippen molar-refractivity contribution in [2.24, 2.45) is 0 Å². The zero-order valence-electron chi connectivity index (χ0n) is 15.8. The first-order chi connectivity index (χ1) is 14.5. The fraction of sp³-hybridized carbons (Fsp3) is 0.0455. The first kappa shape index (κ1) is 19.8. The molecule has 0 saturated carbocycles. The first-order valence-corrected chi connectivity index (χ1v) is 9.77. The van der Waals surface area contributed by atoms with Crippen molar-refractivity contribution in [1.82, 2.24) is 14.8 Å². The summed E-state index contributed by atoms with van der Waals surface area (Å²) in [5, 5.41) is 7.03. The van der Waals surface area contributed by atoms with E-state index in [1.165, 1.54) is 18.2 Å². The minimum Gasteiger partial charge on any atom is -0.497 e. The Morgan fingerprint density at radius 1 is 1.07 bits per heavy atom. The molecule has 0 bridgehead atoms. The molecule has 0 spiro atoms. The maximum atomic E-state index is 13.4. The Morgan fingerprint density at radius 2 is 1.80 bits per heavy atom. The van der Waals surface area contributed by atoms with E-state index in [9.17, 15) is 9.18 Å². The van der Waals surface area contributed by atoms with E-state index in [1.54, 1.807) is 30.0 Å². The van der Waals surface area contributed by atoms with E-state index in [4.69, 9.17) is 4.74 Å². The molecule has 4 rings (SSSR count). The molecule has 4 aromatic rings. The molecule has 30 heavy (non-hydrogen) atoms. The van der Waals surface area contributed by atoms with Gasteiger partial charge in [-0.3, -0.25) is 4.79 Å². The molecule has 0 atom stereocenters. The number of nitrogens with zero attached hydrogens (tertiary/aromatic N) is 3. The summed E-state index contributed by atoms with van der Waals surface area (Å²) in [6.45, 7) is 0. The van der Waals surface area contributed by atoms with Gasteiger partial charge in [0.2, 0.25) is 5.82 Å². The largest absolute Gasteiger partial charge is 0.497 e. The van der Waals surface area contributed by atoms with E-state index in [0.29, 0.717) is 22.9 Å². The van der Waals surface area contributed by atoms with E-state index in [1.807, 2.05) is 36.4 Å². The highest BCUT2D eigenvalue weighted by atomic mass is 79.9. The number of benzene rings is 3. The van der Waals surface area contributed by atoms with Crippen LogP contribution in [0.2, 0.25) is 0 Å². The summed E-state index contributed by atoms with van der Waals surface area (Å²) in [5.74, 6) is 0.185. The fourth-order valence-electron chi connectivity index (χ4n) is 2.85. The predicted molar refractivity (Wildman–Crippen MR) is 115 cm³/mol. The molecule has 0 aliphatic heterocycles. The summed E-state index contributed by atoms with van der Waals surface area (Å²) in [7, 11) is 1.59. The van der Waals surface area contributed by atoms with Crippen LogP contribution in [0.25, 0.3) is 17.1 Å². The molecule has 0 aliphatic rings. The van der Waals surface area contributed by atoms with Gasteiger partial charge in [0, 0.05) is 15.7 Å². The smallest absolute Gasteiger partial charge is 0.295 e. The predicted octanol–water partition coefficient (Wildman–Crippen LogP) is 5.10. The van der Waals surface area contributed by atoms with Crippen LogP contribution < -0.4 is 10.1 Å². The SMILES string of the molecule is COc1ccc(-n2nc(C(=O)Nc3cccc(F)c3)nc2-c2ccc(Br)cc2)cc1. The van der Waals surface area contributed by atoms with Crippen molar-refractivity contribution >= 4 is 27.5 Å².